The Morgan fingerprint density at radius 3 is 2.03 bits per heavy atom. The molecule has 0 unspecified atom stereocenters. The SMILES string of the molecule is O=C([C@@H](Cc1ccccc1)NS(=O)(=O)c1ccc(Br)cc1)N1CCN(c2ccccc2)CC1. The van der Waals surface area contributed by atoms with Crippen molar-refractivity contribution in [2.45, 2.75) is 17.4 Å². The van der Waals surface area contributed by atoms with Crippen LogP contribution in [0.4, 0.5) is 5.69 Å². The van der Waals surface area contributed by atoms with Crippen molar-refractivity contribution in [3.63, 3.8) is 0 Å². The molecule has 1 aliphatic rings. The van der Waals surface area contributed by atoms with Gasteiger partial charge in [-0.3, -0.25) is 4.79 Å². The van der Waals surface area contributed by atoms with Gasteiger partial charge < -0.3 is 9.80 Å². The fourth-order valence-electron chi connectivity index (χ4n) is 3.94. The number of halogens is 1. The number of para-hydroxylation sites is 1. The van der Waals surface area contributed by atoms with Crippen LogP contribution in [0.15, 0.2) is 94.3 Å². The van der Waals surface area contributed by atoms with Crippen molar-refractivity contribution >= 4 is 37.5 Å². The zero-order valence-electron chi connectivity index (χ0n) is 18.1. The second-order valence-corrected chi connectivity index (χ2v) is 10.6. The van der Waals surface area contributed by atoms with Gasteiger partial charge in [0, 0.05) is 36.3 Å². The summed E-state index contributed by atoms with van der Waals surface area (Å²) in [6, 6.07) is 25.1. The maximum atomic E-state index is 13.5. The van der Waals surface area contributed by atoms with Crippen LogP contribution in [0.1, 0.15) is 5.56 Å². The van der Waals surface area contributed by atoms with Gasteiger partial charge in [-0.15, -0.1) is 0 Å². The average molecular weight is 528 g/mol. The molecule has 33 heavy (non-hydrogen) atoms. The van der Waals surface area contributed by atoms with Gasteiger partial charge in [0.2, 0.25) is 15.9 Å². The smallest absolute Gasteiger partial charge is 0.241 e. The lowest BCUT2D eigenvalue weighted by molar-refractivity contribution is -0.133. The molecule has 1 heterocycles. The van der Waals surface area contributed by atoms with E-state index < -0.39 is 16.1 Å². The lowest BCUT2D eigenvalue weighted by Gasteiger charge is -2.37. The maximum absolute atomic E-state index is 13.5. The van der Waals surface area contributed by atoms with E-state index in [9.17, 15) is 13.2 Å². The van der Waals surface area contributed by atoms with Crippen LogP contribution in [0.5, 0.6) is 0 Å². The first-order chi connectivity index (χ1) is 15.9. The van der Waals surface area contributed by atoms with E-state index in [4.69, 9.17) is 0 Å². The van der Waals surface area contributed by atoms with Crippen LogP contribution in [0, 0.1) is 0 Å². The maximum Gasteiger partial charge on any atom is 0.241 e. The fraction of sp³-hybridized carbons (Fsp3) is 0.240. The molecule has 6 nitrogen and oxygen atoms in total. The van der Waals surface area contributed by atoms with Crippen molar-refractivity contribution in [1.29, 1.82) is 0 Å². The minimum absolute atomic E-state index is 0.130. The third kappa shape index (κ3) is 6.01. The van der Waals surface area contributed by atoms with E-state index in [1.807, 2.05) is 48.5 Å². The van der Waals surface area contributed by atoms with Gasteiger partial charge in [0.05, 0.1) is 4.90 Å². The Bertz CT molecular complexity index is 1160. The van der Waals surface area contributed by atoms with Gasteiger partial charge in [-0.1, -0.05) is 64.5 Å². The molecule has 0 saturated carbocycles. The second-order valence-electron chi connectivity index (χ2n) is 7.97. The lowest BCUT2D eigenvalue weighted by atomic mass is 10.1. The molecular weight excluding hydrogens is 502 g/mol. The number of hydrogen-bond acceptors (Lipinski definition) is 4. The van der Waals surface area contributed by atoms with E-state index in [0.717, 1.165) is 15.7 Å². The number of piperazine rings is 1. The highest BCUT2D eigenvalue weighted by Crippen LogP contribution is 2.19. The first-order valence-electron chi connectivity index (χ1n) is 10.8. The van der Waals surface area contributed by atoms with Gasteiger partial charge in [-0.05, 0) is 48.4 Å². The zero-order valence-corrected chi connectivity index (χ0v) is 20.5. The van der Waals surface area contributed by atoms with Crippen LogP contribution >= 0.6 is 15.9 Å². The van der Waals surface area contributed by atoms with Crippen LogP contribution in [-0.2, 0) is 21.2 Å². The summed E-state index contributed by atoms with van der Waals surface area (Å²) in [5.74, 6) is -0.202. The summed E-state index contributed by atoms with van der Waals surface area (Å²) in [7, 11) is -3.86. The molecule has 1 aliphatic heterocycles. The normalized spacial score (nSPS) is 15.3. The summed E-state index contributed by atoms with van der Waals surface area (Å²) in [6.07, 6.45) is 0.286. The molecule has 0 radical (unpaired) electrons. The second kappa shape index (κ2) is 10.5. The number of amides is 1. The molecular formula is C25H26BrN3O3S. The first-order valence-corrected chi connectivity index (χ1v) is 13.1. The molecule has 4 rings (SSSR count). The molecule has 0 aromatic heterocycles. The van der Waals surface area contributed by atoms with Crippen molar-refractivity contribution < 1.29 is 13.2 Å². The Balaban J connectivity index is 1.50. The molecule has 8 heteroatoms. The highest BCUT2D eigenvalue weighted by molar-refractivity contribution is 9.10. The highest BCUT2D eigenvalue weighted by atomic mass is 79.9. The third-order valence-electron chi connectivity index (χ3n) is 5.71. The molecule has 0 bridgehead atoms. The van der Waals surface area contributed by atoms with Crippen LogP contribution in [-0.4, -0.2) is 51.4 Å². The fourth-order valence-corrected chi connectivity index (χ4v) is 5.40. The molecule has 172 valence electrons. The number of rotatable bonds is 7. The number of anilines is 1. The summed E-state index contributed by atoms with van der Waals surface area (Å²) in [4.78, 5) is 17.6. The minimum atomic E-state index is -3.86. The summed E-state index contributed by atoms with van der Waals surface area (Å²) in [5.41, 5.74) is 2.03. The Hall–Kier alpha value is -2.68. The molecule has 1 saturated heterocycles. The standard InChI is InChI=1S/C25H26BrN3O3S/c26-21-11-13-23(14-12-21)33(31,32)27-24(19-20-7-3-1-4-8-20)25(30)29-17-15-28(16-18-29)22-9-5-2-6-10-22/h1-14,24,27H,15-19H2/t24-/m1/s1. The van der Waals surface area contributed by atoms with E-state index in [1.165, 1.54) is 12.1 Å². The zero-order chi connectivity index (χ0) is 23.3. The van der Waals surface area contributed by atoms with Gasteiger partial charge in [-0.25, -0.2) is 8.42 Å². The van der Waals surface area contributed by atoms with Gasteiger partial charge >= 0.3 is 0 Å². The Morgan fingerprint density at radius 2 is 1.42 bits per heavy atom. The number of benzene rings is 3. The number of nitrogens with one attached hydrogen (secondary N) is 1. The van der Waals surface area contributed by atoms with E-state index in [-0.39, 0.29) is 17.2 Å². The third-order valence-corrected chi connectivity index (χ3v) is 7.73. The number of sulfonamides is 1. The predicted octanol–water partition coefficient (Wildman–Crippen LogP) is 3.69. The van der Waals surface area contributed by atoms with Crippen molar-refractivity contribution in [3.05, 3.63) is 95.0 Å². The van der Waals surface area contributed by atoms with Crippen LogP contribution < -0.4 is 9.62 Å². The quantitative estimate of drug-likeness (QED) is 0.508. The number of nitrogens with zero attached hydrogens (tertiary/aromatic N) is 2. The Labute approximate surface area is 203 Å². The molecule has 1 amide bonds. The number of hydrogen-bond donors (Lipinski definition) is 1. The van der Waals surface area contributed by atoms with Gasteiger partial charge in [0.15, 0.2) is 0 Å². The molecule has 0 spiro atoms. The first kappa shape index (κ1) is 23.5. The molecule has 0 aliphatic carbocycles. The van der Waals surface area contributed by atoms with Crippen LogP contribution in [0.3, 0.4) is 0 Å². The average Bonchev–Trinajstić information content (AvgIpc) is 2.85. The summed E-state index contributed by atoms with van der Waals surface area (Å²) in [6.45, 7) is 2.48. The molecule has 3 aromatic carbocycles. The van der Waals surface area contributed by atoms with E-state index in [1.54, 1.807) is 17.0 Å². The number of carbonyl (C=O) groups excluding carboxylic acids is 1. The van der Waals surface area contributed by atoms with Crippen molar-refractivity contribution in [3.8, 4) is 0 Å². The summed E-state index contributed by atoms with van der Waals surface area (Å²) < 4.78 is 29.6. The molecule has 3 aromatic rings. The largest absolute Gasteiger partial charge is 0.368 e. The van der Waals surface area contributed by atoms with Gasteiger partial charge in [0.25, 0.3) is 0 Å². The van der Waals surface area contributed by atoms with Crippen LogP contribution in [0.2, 0.25) is 0 Å². The van der Waals surface area contributed by atoms with E-state index >= 15 is 0 Å². The molecule has 1 fully saturated rings. The van der Waals surface area contributed by atoms with Gasteiger partial charge in [-0.2, -0.15) is 4.72 Å². The van der Waals surface area contributed by atoms with Crippen LogP contribution in [0.25, 0.3) is 0 Å². The molecule has 1 N–H and O–H groups in total. The number of carbonyl (C=O) groups is 1. The monoisotopic (exact) mass is 527 g/mol. The highest BCUT2D eigenvalue weighted by Gasteiger charge is 2.31. The summed E-state index contributed by atoms with van der Waals surface area (Å²) in [5, 5.41) is 0. The minimum Gasteiger partial charge on any atom is -0.368 e. The van der Waals surface area contributed by atoms with Crippen molar-refractivity contribution in [1.82, 2.24) is 9.62 Å². The van der Waals surface area contributed by atoms with E-state index in [2.05, 4.69) is 37.7 Å². The van der Waals surface area contributed by atoms with Crippen molar-refractivity contribution in [2.24, 2.45) is 0 Å². The Morgan fingerprint density at radius 1 is 0.848 bits per heavy atom. The van der Waals surface area contributed by atoms with E-state index in [0.29, 0.717) is 26.2 Å². The van der Waals surface area contributed by atoms with Crippen molar-refractivity contribution in [2.75, 3.05) is 31.1 Å². The lowest BCUT2D eigenvalue weighted by Crippen LogP contribution is -2.55. The Kier molecular flexibility index (Phi) is 7.47. The molecule has 1 atom stereocenters. The van der Waals surface area contributed by atoms with Gasteiger partial charge in [0.1, 0.15) is 6.04 Å². The topological polar surface area (TPSA) is 69.7 Å². The summed E-state index contributed by atoms with van der Waals surface area (Å²) >= 11 is 3.32. The predicted molar refractivity (Wildman–Crippen MR) is 134 cm³/mol.